The van der Waals surface area contributed by atoms with Crippen LogP contribution in [0, 0.1) is 0 Å². The first kappa shape index (κ1) is 18.1. The van der Waals surface area contributed by atoms with Gasteiger partial charge in [-0.3, -0.25) is 19.3 Å². The topological polar surface area (TPSA) is 92.8 Å². The van der Waals surface area contributed by atoms with Crippen molar-refractivity contribution >= 4 is 23.7 Å². The Hall–Kier alpha value is -2.70. The van der Waals surface area contributed by atoms with E-state index in [2.05, 4.69) is 5.32 Å². The number of amides is 3. The summed E-state index contributed by atoms with van der Waals surface area (Å²) in [5.74, 6) is -1.76. The third kappa shape index (κ3) is 3.61. The van der Waals surface area contributed by atoms with Crippen molar-refractivity contribution in [1.29, 1.82) is 0 Å². The summed E-state index contributed by atoms with van der Waals surface area (Å²) in [5.41, 5.74) is 0.645. The Kier molecular flexibility index (Phi) is 5.06. The molecule has 3 rings (SSSR count). The highest BCUT2D eigenvalue weighted by Gasteiger charge is 2.36. The van der Waals surface area contributed by atoms with E-state index in [-0.39, 0.29) is 29.0 Å². The number of esters is 1. The number of fused-ring (bicyclic) bond motifs is 1. The van der Waals surface area contributed by atoms with Gasteiger partial charge in [0.05, 0.1) is 16.7 Å². The Morgan fingerprint density at radius 2 is 1.92 bits per heavy atom. The van der Waals surface area contributed by atoms with E-state index in [0.717, 1.165) is 25.7 Å². The van der Waals surface area contributed by atoms with Gasteiger partial charge in [-0.2, -0.15) is 0 Å². The molecule has 1 aromatic rings. The number of nitrogens with one attached hydrogen (secondary N) is 1. The third-order valence-corrected chi connectivity index (χ3v) is 4.52. The maximum absolute atomic E-state index is 12.4. The van der Waals surface area contributed by atoms with Crippen LogP contribution >= 0.6 is 0 Å². The molecule has 1 aromatic carbocycles. The number of nitrogens with zero attached hydrogens (tertiary/aromatic N) is 1. The summed E-state index contributed by atoms with van der Waals surface area (Å²) in [6.07, 6.45) is 2.57. The van der Waals surface area contributed by atoms with E-state index in [4.69, 9.17) is 4.74 Å². The maximum Gasteiger partial charge on any atom is 0.338 e. The van der Waals surface area contributed by atoms with Gasteiger partial charge in [-0.1, -0.05) is 13.3 Å². The Morgan fingerprint density at radius 1 is 1.23 bits per heavy atom. The summed E-state index contributed by atoms with van der Waals surface area (Å²) in [6.45, 7) is 3.85. The molecule has 1 fully saturated rings. The molecule has 1 aliphatic heterocycles. The average molecular weight is 358 g/mol. The minimum absolute atomic E-state index is 0.147. The highest BCUT2D eigenvalue weighted by molar-refractivity contribution is 6.22. The molecule has 1 heterocycles. The Morgan fingerprint density at radius 3 is 2.58 bits per heavy atom. The number of carbonyl (C=O) groups excluding carboxylic acids is 4. The zero-order valence-electron chi connectivity index (χ0n) is 14.9. The van der Waals surface area contributed by atoms with Crippen LogP contribution in [0.4, 0.5) is 0 Å². The lowest BCUT2D eigenvalue weighted by atomic mass is 10.1. The largest absolute Gasteiger partial charge is 0.449 e. The Balaban J connectivity index is 1.70. The van der Waals surface area contributed by atoms with Crippen LogP contribution in [0.15, 0.2) is 18.2 Å². The predicted octanol–water partition coefficient (Wildman–Crippen LogP) is 1.91. The molecule has 7 heteroatoms. The lowest BCUT2D eigenvalue weighted by Gasteiger charge is -2.13. The van der Waals surface area contributed by atoms with Crippen LogP contribution in [0.2, 0.25) is 0 Å². The van der Waals surface area contributed by atoms with Crippen molar-refractivity contribution in [1.82, 2.24) is 10.2 Å². The van der Waals surface area contributed by atoms with Gasteiger partial charge in [0.25, 0.3) is 17.7 Å². The molecule has 0 radical (unpaired) electrons. The van der Waals surface area contributed by atoms with Crippen LogP contribution < -0.4 is 5.32 Å². The summed E-state index contributed by atoms with van der Waals surface area (Å²) in [6, 6.07) is 4.46. The molecule has 1 saturated carbocycles. The van der Waals surface area contributed by atoms with Crippen LogP contribution in [0.25, 0.3) is 0 Å². The maximum atomic E-state index is 12.4. The van der Waals surface area contributed by atoms with E-state index in [0.29, 0.717) is 12.1 Å². The normalized spacial score (nSPS) is 17.1. The minimum atomic E-state index is -0.922. The Bertz CT molecular complexity index is 769. The SMILES string of the molecule is CCCCN1C(=O)c2ccc(C(=O)O[C@H](C)C(=O)NC3CC3)cc2C1=O. The van der Waals surface area contributed by atoms with Crippen molar-refractivity contribution in [2.24, 2.45) is 0 Å². The van der Waals surface area contributed by atoms with Crippen molar-refractivity contribution in [2.75, 3.05) is 6.54 Å². The quantitative estimate of drug-likeness (QED) is 0.594. The number of benzene rings is 1. The number of unbranched alkanes of at least 4 members (excludes halogenated alkanes) is 1. The van der Waals surface area contributed by atoms with Crippen LogP contribution in [-0.4, -0.2) is 47.3 Å². The van der Waals surface area contributed by atoms with Crippen LogP contribution in [-0.2, 0) is 9.53 Å². The first-order valence-electron chi connectivity index (χ1n) is 8.94. The van der Waals surface area contributed by atoms with E-state index >= 15 is 0 Å². The minimum Gasteiger partial charge on any atom is -0.449 e. The number of carbonyl (C=O) groups is 4. The van der Waals surface area contributed by atoms with E-state index in [1.165, 1.54) is 30.0 Å². The van der Waals surface area contributed by atoms with Gasteiger partial charge in [-0.25, -0.2) is 4.79 Å². The summed E-state index contributed by atoms with van der Waals surface area (Å²) in [5, 5.41) is 2.77. The zero-order chi connectivity index (χ0) is 18.8. The second kappa shape index (κ2) is 7.27. The molecule has 0 bridgehead atoms. The average Bonchev–Trinajstić information content (AvgIpc) is 3.40. The van der Waals surface area contributed by atoms with Crippen molar-refractivity contribution in [3.63, 3.8) is 0 Å². The number of ether oxygens (including phenoxy) is 1. The third-order valence-electron chi connectivity index (χ3n) is 4.52. The van der Waals surface area contributed by atoms with Crippen LogP contribution in [0.5, 0.6) is 0 Å². The molecule has 0 aromatic heterocycles. The molecule has 7 nitrogen and oxygen atoms in total. The predicted molar refractivity (Wildman–Crippen MR) is 92.8 cm³/mol. The van der Waals surface area contributed by atoms with Gasteiger partial charge < -0.3 is 10.1 Å². The molecule has 0 saturated heterocycles. The molecule has 1 atom stereocenters. The first-order chi connectivity index (χ1) is 12.4. The Labute approximate surface area is 151 Å². The molecule has 2 aliphatic rings. The first-order valence-corrected chi connectivity index (χ1v) is 8.94. The van der Waals surface area contributed by atoms with Gasteiger partial charge in [0.2, 0.25) is 0 Å². The zero-order valence-corrected chi connectivity index (χ0v) is 14.9. The van der Waals surface area contributed by atoms with E-state index < -0.39 is 18.0 Å². The van der Waals surface area contributed by atoms with E-state index in [9.17, 15) is 19.2 Å². The van der Waals surface area contributed by atoms with Gasteiger partial charge in [0.15, 0.2) is 6.10 Å². The number of hydrogen-bond donors (Lipinski definition) is 1. The van der Waals surface area contributed by atoms with Gasteiger partial charge in [0.1, 0.15) is 0 Å². The fraction of sp³-hybridized carbons (Fsp3) is 0.474. The number of hydrogen-bond acceptors (Lipinski definition) is 5. The lowest BCUT2D eigenvalue weighted by Crippen LogP contribution is -2.37. The molecule has 138 valence electrons. The van der Waals surface area contributed by atoms with Crippen molar-refractivity contribution in [3.05, 3.63) is 34.9 Å². The van der Waals surface area contributed by atoms with Gasteiger partial charge in [-0.05, 0) is 44.4 Å². The summed E-state index contributed by atoms with van der Waals surface area (Å²) in [4.78, 5) is 50.1. The van der Waals surface area contributed by atoms with Crippen LogP contribution in [0.3, 0.4) is 0 Å². The summed E-state index contributed by atoms with van der Waals surface area (Å²) >= 11 is 0. The molecular formula is C19H22N2O5. The second-order valence-corrected chi connectivity index (χ2v) is 6.71. The molecule has 26 heavy (non-hydrogen) atoms. The summed E-state index contributed by atoms with van der Waals surface area (Å²) in [7, 11) is 0. The lowest BCUT2D eigenvalue weighted by molar-refractivity contribution is -0.129. The van der Waals surface area contributed by atoms with Gasteiger partial charge >= 0.3 is 5.97 Å². The number of rotatable bonds is 7. The molecular weight excluding hydrogens is 336 g/mol. The van der Waals surface area contributed by atoms with Crippen molar-refractivity contribution in [3.8, 4) is 0 Å². The standard InChI is InChI=1S/C19H22N2O5/c1-3-4-9-21-17(23)14-8-5-12(10-15(14)18(21)24)19(25)26-11(2)16(22)20-13-6-7-13/h5,8,10-11,13H,3-4,6-7,9H2,1-2H3,(H,20,22)/t11-/m1/s1. The molecule has 1 N–H and O–H groups in total. The van der Waals surface area contributed by atoms with E-state index in [1.807, 2.05) is 6.92 Å². The smallest absolute Gasteiger partial charge is 0.338 e. The van der Waals surface area contributed by atoms with Crippen molar-refractivity contribution in [2.45, 2.75) is 51.7 Å². The number of imide groups is 1. The molecule has 0 spiro atoms. The van der Waals surface area contributed by atoms with Gasteiger partial charge in [-0.15, -0.1) is 0 Å². The highest BCUT2D eigenvalue weighted by Crippen LogP contribution is 2.25. The molecule has 3 amide bonds. The van der Waals surface area contributed by atoms with Crippen molar-refractivity contribution < 1.29 is 23.9 Å². The fourth-order valence-electron chi connectivity index (χ4n) is 2.77. The molecule has 0 unspecified atom stereocenters. The second-order valence-electron chi connectivity index (χ2n) is 6.71. The van der Waals surface area contributed by atoms with E-state index in [1.54, 1.807) is 0 Å². The van der Waals surface area contributed by atoms with Gasteiger partial charge in [0, 0.05) is 12.6 Å². The fourth-order valence-corrected chi connectivity index (χ4v) is 2.77. The van der Waals surface area contributed by atoms with Crippen LogP contribution in [0.1, 0.15) is 70.6 Å². The monoisotopic (exact) mass is 358 g/mol. The summed E-state index contributed by atoms with van der Waals surface area (Å²) < 4.78 is 5.18. The molecule has 1 aliphatic carbocycles. The highest BCUT2D eigenvalue weighted by atomic mass is 16.5.